The number of halogens is 1. The summed E-state index contributed by atoms with van der Waals surface area (Å²) in [6.07, 6.45) is 1.32. The normalized spacial score (nSPS) is 16.2. The third-order valence-electron chi connectivity index (χ3n) is 7.29. The molecule has 1 unspecified atom stereocenters. The molecule has 0 bridgehead atoms. The van der Waals surface area contributed by atoms with Gasteiger partial charge in [0.25, 0.3) is 0 Å². The third-order valence-corrected chi connectivity index (χ3v) is 10.8. The van der Waals surface area contributed by atoms with Crippen molar-refractivity contribution >= 4 is 49.4 Å². The van der Waals surface area contributed by atoms with Crippen molar-refractivity contribution in [3.63, 3.8) is 0 Å². The minimum atomic E-state index is -4.10. The predicted octanol–water partition coefficient (Wildman–Crippen LogP) is 2.98. The summed E-state index contributed by atoms with van der Waals surface area (Å²) in [6, 6.07) is 15.2. The molecule has 2 amide bonds. The van der Waals surface area contributed by atoms with Crippen LogP contribution in [0, 0.1) is 0 Å². The molecule has 0 spiro atoms. The molecule has 3 aromatic carbocycles. The summed E-state index contributed by atoms with van der Waals surface area (Å²) in [7, 11) is -6.83. The number of hydrogen-bond acceptors (Lipinski definition) is 10. The standard InChI is InChI=1S/C31H34ClN3O10S2/c1-44-31(39)29-25(36)11-8-12-26(29)45-16-7-3-6-15-33-30(38)24(34-46(40,41)21-9-4-2-5-10-21)18-20-13-14-22(23(32)17-20)27-19-28(37)35-47(27,42)43/h2,4-5,8-14,17,24,27,34,36H,3,6-7,15-16,18-19H2,1H3,(H,33,38)(H,35,37)/t24-,27?/m0/s1. The van der Waals surface area contributed by atoms with Gasteiger partial charge in [-0.05, 0) is 67.1 Å². The first-order valence-corrected chi connectivity index (χ1v) is 17.9. The number of ether oxygens (including phenoxy) is 2. The number of amides is 2. The Hall–Kier alpha value is -4.18. The van der Waals surface area contributed by atoms with Crippen LogP contribution in [-0.2, 0) is 40.8 Å². The molecule has 0 radical (unpaired) electrons. The summed E-state index contributed by atoms with van der Waals surface area (Å²) in [5.41, 5.74) is 0.604. The Morgan fingerprint density at radius 1 is 1.06 bits per heavy atom. The Kier molecular flexibility index (Phi) is 11.8. The van der Waals surface area contributed by atoms with E-state index in [-0.39, 0.29) is 58.5 Å². The summed E-state index contributed by atoms with van der Waals surface area (Å²) < 4.78 is 65.6. The first-order valence-electron chi connectivity index (χ1n) is 14.5. The van der Waals surface area contributed by atoms with E-state index in [4.69, 9.17) is 21.1 Å². The molecule has 0 saturated carbocycles. The number of carbonyl (C=O) groups excluding carboxylic acids is 3. The summed E-state index contributed by atoms with van der Waals surface area (Å²) in [6.45, 7) is 0.451. The van der Waals surface area contributed by atoms with Gasteiger partial charge in [-0.15, -0.1) is 0 Å². The number of phenolic OH excluding ortho intramolecular Hbond substituents is 1. The van der Waals surface area contributed by atoms with E-state index < -0.39 is 49.1 Å². The summed E-state index contributed by atoms with van der Waals surface area (Å²) in [5, 5.41) is 11.6. The average molecular weight is 708 g/mol. The number of sulfonamides is 2. The molecule has 4 N–H and O–H groups in total. The topological polar surface area (TPSA) is 194 Å². The summed E-state index contributed by atoms with van der Waals surface area (Å²) >= 11 is 6.41. The van der Waals surface area contributed by atoms with Crippen LogP contribution in [0.4, 0.5) is 0 Å². The second-order valence-corrected chi connectivity index (χ2v) is 14.6. The molecule has 252 valence electrons. The molecule has 1 aliphatic heterocycles. The number of phenols is 1. The van der Waals surface area contributed by atoms with Crippen LogP contribution in [0.15, 0.2) is 71.6 Å². The maximum absolute atomic E-state index is 13.3. The lowest BCUT2D eigenvalue weighted by Crippen LogP contribution is -2.48. The molecule has 2 atom stereocenters. The fourth-order valence-electron chi connectivity index (χ4n) is 4.93. The van der Waals surface area contributed by atoms with E-state index in [1.54, 1.807) is 24.3 Å². The van der Waals surface area contributed by atoms with E-state index in [1.807, 2.05) is 4.72 Å². The van der Waals surface area contributed by atoms with Crippen molar-refractivity contribution in [3.8, 4) is 11.5 Å². The number of benzene rings is 3. The smallest absolute Gasteiger partial charge is 0.345 e. The van der Waals surface area contributed by atoms with Gasteiger partial charge in [0.05, 0.1) is 25.0 Å². The van der Waals surface area contributed by atoms with Crippen LogP contribution < -0.4 is 19.5 Å². The van der Waals surface area contributed by atoms with Gasteiger partial charge >= 0.3 is 5.97 Å². The molecule has 1 fully saturated rings. The van der Waals surface area contributed by atoms with Gasteiger partial charge in [0.15, 0.2) is 0 Å². The van der Waals surface area contributed by atoms with Crippen LogP contribution in [0.5, 0.6) is 11.5 Å². The molecule has 1 heterocycles. The first kappa shape index (κ1) is 35.7. The van der Waals surface area contributed by atoms with Crippen molar-refractivity contribution < 1.29 is 45.8 Å². The number of carbonyl (C=O) groups is 3. The number of methoxy groups -OCH3 is 1. The number of rotatable bonds is 15. The van der Waals surface area contributed by atoms with E-state index in [1.165, 1.54) is 49.6 Å². The molecular formula is C31H34ClN3O10S2. The van der Waals surface area contributed by atoms with Gasteiger partial charge in [0.1, 0.15) is 28.4 Å². The lowest BCUT2D eigenvalue weighted by molar-refractivity contribution is -0.122. The maximum atomic E-state index is 13.3. The SMILES string of the molecule is COC(=O)c1c(O)cccc1OCCCCCNC(=O)[C@H](Cc1ccc(C2CC(=O)NS2(=O)=O)c(Cl)c1)NS(=O)(=O)c1ccccc1. The highest BCUT2D eigenvalue weighted by Crippen LogP contribution is 2.35. The van der Waals surface area contributed by atoms with Gasteiger partial charge in [-0.2, -0.15) is 4.72 Å². The fourth-order valence-corrected chi connectivity index (χ4v) is 8.00. The molecule has 4 rings (SSSR count). The van der Waals surface area contributed by atoms with Crippen LogP contribution in [-0.4, -0.2) is 66.0 Å². The number of unbranched alkanes of at least 4 members (excludes halogenated alkanes) is 2. The van der Waals surface area contributed by atoms with Crippen LogP contribution in [0.2, 0.25) is 5.02 Å². The number of nitrogens with one attached hydrogen (secondary N) is 3. The van der Waals surface area contributed by atoms with Crippen molar-refractivity contribution in [1.29, 1.82) is 0 Å². The van der Waals surface area contributed by atoms with Crippen LogP contribution in [0.25, 0.3) is 0 Å². The van der Waals surface area contributed by atoms with E-state index in [0.717, 1.165) is 0 Å². The zero-order valence-corrected chi connectivity index (χ0v) is 27.7. The van der Waals surface area contributed by atoms with Crippen molar-refractivity contribution in [3.05, 3.63) is 88.4 Å². The molecule has 16 heteroatoms. The monoisotopic (exact) mass is 707 g/mol. The number of aromatic hydroxyl groups is 1. The zero-order chi connectivity index (χ0) is 34.2. The highest BCUT2D eigenvalue weighted by molar-refractivity contribution is 7.90. The van der Waals surface area contributed by atoms with Gasteiger partial charge in [0.2, 0.25) is 31.9 Å². The van der Waals surface area contributed by atoms with Crippen molar-refractivity contribution in [2.45, 2.75) is 48.3 Å². The molecule has 13 nitrogen and oxygen atoms in total. The molecule has 0 aliphatic carbocycles. The Bertz CT molecular complexity index is 1840. The predicted molar refractivity (Wildman–Crippen MR) is 172 cm³/mol. The van der Waals surface area contributed by atoms with Crippen LogP contribution in [0.1, 0.15) is 52.4 Å². The van der Waals surface area contributed by atoms with Crippen molar-refractivity contribution in [2.75, 3.05) is 20.3 Å². The van der Waals surface area contributed by atoms with E-state index in [2.05, 4.69) is 10.0 Å². The van der Waals surface area contributed by atoms with Gasteiger partial charge in [-0.1, -0.05) is 48.0 Å². The highest BCUT2D eigenvalue weighted by Gasteiger charge is 2.39. The quantitative estimate of drug-likeness (QED) is 0.135. The van der Waals surface area contributed by atoms with E-state index >= 15 is 0 Å². The third kappa shape index (κ3) is 9.22. The number of esters is 1. The van der Waals surface area contributed by atoms with Gasteiger partial charge < -0.3 is 19.9 Å². The minimum Gasteiger partial charge on any atom is -0.507 e. The first-order chi connectivity index (χ1) is 22.3. The molecular weight excluding hydrogens is 674 g/mol. The minimum absolute atomic E-state index is 0.0307. The Labute approximate surface area is 277 Å². The maximum Gasteiger partial charge on any atom is 0.345 e. The molecule has 1 saturated heterocycles. The second-order valence-electron chi connectivity index (χ2n) is 10.7. The zero-order valence-electron chi connectivity index (χ0n) is 25.3. The van der Waals surface area contributed by atoms with Gasteiger partial charge in [-0.25, -0.2) is 21.6 Å². The fraction of sp³-hybridized carbons (Fsp3) is 0.323. The lowest BCUT2D eigenvalue weighted by Gasteiger charge is -2.20. The van der Waals surface area contributed by atoms with Gasteiger partial charge in [-0.3, -0.25) is 14.3 Å². The van der Waals surface area contributed by atoms with Crippen LogP contribution in [0.3, 0.4) is 0 Å². The molecule has 3 aromatic rings. The Balaban J connectivity index is 1.38. The molecule has 0 aromatic heterocycles. The van der Waals surface area contributed by atoms with E-state index in [9.17, 15) is 36.3 Å². The Morgan fingerprint density at radius 2 is 1.81 bits per heavy atom. The van der Waals surface area contributed by atoms with Crippen molar-refractivity contribution in [2.24, 2.45) is 0 Å². The Morgan fingerprint density at radius 3 is 2.47 bits per heavy atom. The highest BCUT2D eigenvalue weighted by atomic mass is 35.5. The number of hydrogen-bond donors (Lipinski definition) is 4. The summed E-state index contributed by atoms with van der Waals surface area (Å²) in [5.74, 6) is -2.03. The lowest BCUT2D eigenvalue weighted by atomic mass is 10.0. The largest absolute Gasteiger partial charge is 0.507 e. The van der Waals surface area contributed by atoms with E-state index in [0.29, 0.717) is 24.8 Å². The van der Waals surface area contributed by atoms with Crippen LogP contribution >= 0.6 is 11.6 Å². The summed E-state index contributed by atoms with van der Waals surface area (Å²) in [4.78, 5) is 36.9. The molecule has 47 heavy (non-hydrogen) atoms. The average Bonchev–Trinajstić information content (AvgIpc) is 3.31. The molecule has 1 aliphatic rings. The van der Waals surface area contributed by atoms with Crippen molar-refractivity contribution in [1.82, 2.24) is 14.8 Å². The van der Waals surface area contributed by atoms with Gasteiger partial charge in [0, 0.05) is 11.6 Å². The second kappa shape index (κ2) is 15.6.